The van der Waals surface area contributed by atoms with E-state index in [9.17, 15) is 0 Å². The Kier molecular flexibility index (Phi) is 28.0. The first-order valence-corrected chi connectivity index (χ1v) is 3.43. The molecule has 0 fully saturated rings. The van der Waals surface area contributed by atoms with Gasteiger partial charge in [-0.2, -0.15) is 25.3 Å². The van der Waals surface area contributed by atoms with Gasteiger partial charge in [-0.1, -0.05) is 0 Å². The molecule has 1 heterocycles. The minimum absolute atomic E-state index is 0. The van der Waals surface area contributed by atoms with Gasteiger partial charge in [0.05, 0.1) is 0 Å². The van der Waals surface area contributed by atoms with E-state index in [0.29, 0.717) is 0 Å². The van der Waals surface area contributed by atoms with Crippen LogP contribution >= 0.6 is 11.3 Å². The summed E-state index contributed by atoms with van der Waals surface area (Å²) in [6.45, 7) is 4.00. The second kappa shape index (κ2) is 16.4. The van der Waals surface area contributed by atoms with E-state index < -0.39 is 0 Å². The Hall–Kier alpha value is 0.817. The largest absolute Gasteiger partial charge is 1.00 e. The van der Waals surface area contributed by atoms with Crippen LogP contribution in [0, 0.1) is 11.8 Å². The van der Waals surface area contributed by atoms with Gasteiger partial charge in [0.25, 0.3) is 0 Å². The summed E-state index contributed by atoms with van der Waals surface area (Å²) < 4.78 is 0. The maximum atomic E-state index is 2.90. The summed E-state index contributed by atoms with van der Waals surface area (Å²) in [6, 6.07) is 3.86. The van der Waals surface area contributed by atoms with E-state index in [1.165, 1.54) is 0 Å². The molecular formula is C7H10CuLiS. The maximum Gasteiger partial charge on any atom is 1.00 e. The molecule has 0 spiro atoms. The van der Waals surface area contributed by atoms with Crippen LogP contribution in [0.5, 0.6) is 0 Å². The molecule has 0 atom stereocenters. The van der Waals surface area contributed by atoms with E-state index in [4.69, 9.17) is 0 Å². The van der Waals surface area contributed by atoms with Crippen LogP contribution < -0.4 is 18.9 Å². The van der Waals surface area contributed by atoms with Gasteiger partial charge >= 0.3 is 35.9 Å². The molecule has 56 valence electrons. The van der Waals surface area contributed by atoms with E-state index in [1.54, 1.807) is 11.3 Å². The SMILES string of the molecule is C[CH-]C.[Cu+].[Li+].[c-]1cccs1. The fourth-order valence-corrected chi connectivity index (χ4v) is 0.589. The Morgan fingerprint density at radius 3 is 2.00 bits per heavy atom. The van der Waals surface area contributed by atoms with Crippen molar-refractivity contribution in [2.45, 2.75) is 13.8 Å². The Balaban J connectivity index is -0.0000000900. The van der Waals surface area contributed by atoms with E-state index >= 15 is 0 Å². The molecule has 0 saturated carbocycles. The van der Waals surface area contributed by atoms with Gasteiger partial charge in [0, 0.05) is 0 Å². The minimum atomic E-state index is 0. The van der Waals surface area contributed by atoms with Crippen LogP contribution in [0.2, 0.25) is 0 Å². The van der Waals surface area contributed by atoms with Gasteiger partial charge in [0.15, 0.2) is 0 Å². The van der Waals surface area contributed by atoms with E-state index in [-0.39, 0.29) is 35.9 Å². The van der Waals surface area contributed by atoms with Crippen molar-refractivity contribution in [2.75, 3.05) is 0 Å². The fourth-order valence-electron chi connectivity index (χ4n) is 0.196. The van der Waals surface area contributed by atoms with Crippen LogP contribution in [0.25, 0.3) is 0 Å². The molecular weight excluding hydrogens is 187 g/mol. The average molecular weight is 197 g/mol. The summed E-state index contributed by atoms with van der Waals surface area (Å²) in [5.74, 6) is 0. The molecule has 0 N–H and O–H groups in total. The van der Waals surface area contributed by atoms with Crippen molar-refractivity contribution in [1.29, 1.82) is 0 Å². The Morgan fingerprint density at radius 2 is 1.90 bits per heavy atom. The first-order valence-electron chi connectivity index (χ1n) is 2.55. The number of rotatable bonds is 0. The van der Waals surface area contributed by atoms with Crippen molar-refractivity contribution in [1.82, 2.24) is 0 Å². The van der Waals surface area contributed by atoms with Crippen LogP contribution in [-0.2, 0) is 17.1 Å². The molecule has 0 radical (unpaired) electrons. The van der Waals surface area contributed by atoms with Crippen LogP contribution in [0.1, 0.15) is 13.8 Å². The van der Waals surface area contributed by atoms with Gasteiger partial charge in [-0.3, -0.25) is 0 Å². The summed E-state index contributed by atoms with van der Waals surface area (Å²) in [5, 5.41) is 4.89. The first kappa shape index (κ1) is 17.1. The summed E-state index contributed by atoms with van der Waals surface area (Å²) in [5.41, 5.74) is 0. The molecule has 0 nitrogen and oxygen atoms in total. The standard InChI is InChI=1S/C4H3S.C3H7.Cu.Li/c1-2-4-5-3-1;1-3-2;;/h1-3H;3H,1-2H3;;/q2*-1;2*+1. The van der Waals surface area contributed by atoms with Gasteiger partial charge in [0.2, 0.25) is 0 Å². The Morgan fingerprint density at radius 1 is 1.40 bits per heavy atom. The Labute approximate surface area is 90.1 Å². The van der Waals surface area contributed by atoms with Gasteiger partial charge in [0.1, 0.15) is 0 Å². The summed E-state index contributed by atoms with van der Waals surface area (Å²) in [6.07, 6.45) is 2.00. The van der Waals surface area contributed by atoms with Crippen molar-refractivity contribution < 1.29 is 35.9 Å². The first-order chi connectivity index (χ1) is 3.91. The number of hydrogen-bond acceptors (Lipinski definition) is 1. The van der Waals surface area contributed by atoms with E-state index in [1.807, 2.05) is 37.8 Å². The zero-order valence-corrected chi connectivity index (χ0v) is 8.28. The normalized spacial score (nSPS) is 5.80. The zero-order valence-electron chi connectivity index (χ0n) is 6.52. The number of hydrogen-bond donors (Lipinski definition) is 0. The molecule has 0 aromatic carbocycles. The molecule has 0 bridgehead atoms. The van der Waals surface area contributed by atoms with Crippen molar-refractivity contribution in [3.8, 4) is 0 Å². The monoisotopic (exact) mass is 196 g/mol. The second-order valence-corrected chi connectivity index (χ2v) is 2.05. The van der Waals surface area contributed by atoms with Crippen molar-refractivity contribution in [3.05, 3.63) is 29.3 Å². The van der Waals surface area contributed by atoms with Gasteiger partial charge in [-0.25, -0.2) is 6.07 Å². The quantitative estimate of drug-likeness (QED) is 0.398. The third kappa shape index (κ3) is 15.9. The molecule has 1 rings (SSSR count). The van der Waals surface area contributed by atoms with Gasteiger partial charge < -0.3 is 17.8 Å². The summed E-state index contributed by atoms with van der Waals surface area (Å²) >= 11 is 1.59. The molecule has 0 amide bonds. The predicted octanol–water partition coefficient (Wildman–Crippen LogP) is -0.220. The molecule has 0 saturated heterocycles. The average Bonchev–Trinajstić information content (AvgIpc) is 2.17. The molecule has 0 aliphatic rings. The van der Waals surface area contributed by atoms with E-state index in [2.05, 4.69) is 5.38 Å². The van der Waals surface area contributed by atoms with Crippen LogP contribution in [0.4, 0.5) is 0 Å². The van der Waals surface area contributed by atoms with Gasteiger partial charge in [-0.15, -0.1) is 5.38 Å². The molecule has 1 aromatic heterocycles. The molecule has 0 unspecified atom stereocenters. The second-order valence-electron chi connectivity index (χ2n) is 1.31. The summed E-state index contributed by atoms with van der Waals surface area (Å²) in [4.78, 5) is 0. The molecule has 3 heteroatoms. The van der Waals surface area contributed by atoms with Crippen LogP contribution in [0.3, 0.4) is 0 Å². The van der Waals surface area contributed by atoms with Gasteiger partial charge in [-0.05, 0) is 0 Å². The molecule has 0 aliphatic carbocycles. The minimum Gasteiger partial charge on any atom is -0.335 e. The van der Waals surface area contributed by atoms with Crippen molar-refractivity contribution in [3.63, 3.8) is 0 Å². The molecule has 1 aromatic rings. The summed E-state index contributed by atoms with van der Waals surface area (Å²) in [7, 11) is 0. The topological polar surface area (TPSA) is 0 Å². The van der Waals surface area contributed by atoms with Crippen LogP contribution in [-0.4, -0.2) is 0 Å². The van der Waals surface area contributed by atoms with Crippen molar-refractivity contribution >= 4 is 11.3 Å². The Bertz CT molecular complexity index is 80.5. The van der Waals surface area contributed by atoms with Crippen LogP contribution in [0.15, 0.2) is 17.5 Å². The maximum absolute atomic E-state index is 2.90. The van der Waals surface area contributed by atoms with E-state index in [0.717, 1.165) is 0 Å². The zero-order chi connectivity index (χ0) is 6.24. The smallest absolute Gasteiger partial charge is 0.335 e. The van der Waals surface area contributed by atoms with Crippen molar-refractivity contribution in [2.24, 2.45) is 0 Å². The third-order valence-corrected chi connectivity index (χ3v) is 0.944. The number of thiophene rings is 1. The third-order valence-electron chi connectivity index (χ3n) is 0.379. The molecule has 0 aliphatic heterocycles. The fraction of sp³-hybridized carbons (Fsp3) is 0.286. The predicted molar refractivity (Wildman–Crippen MR) is 38.8 cm³/mol. The molecule has 10 heavy (non-hydrogen) atoms.